The molecule has 1 saturated heterocycles. The van der Waals surface area contributed by atoms with Crippen LogP contribution in [0.3, 0.4) is 0 Å². The Bertz CT molecular complexity index is 994. The van der Waals surface area contributed by atoms with Crippen molar-refractivity contribution < 1.29 is 22.7 Å². The molecule has 2 unspecified atom stereocenters. The molecule has 4 aliphatic carbocycles. The average molecular weight is 527 g/mol. The molecule has 7 nitrogen and oxygen atoms in total. The van der Waals surface area contributed by atoms with E-state index in [0.717, 1.165) is 19.3 Å². The minimum absolute atomic E-state index is 0.0440. The Morgan fingerprint density at radius 1 is 1.22 bits per heavy atom. The summed E-state index contributed by atoms with van der Waals surface area (Å²) in [6.45, 7) is 1.43. The second-order valence-corrected chi connectivity index (χ2v) is 13.8. The summed E-state index contributed by atoms with van der Waals surface area (Å²) < 4.78 is 38.5. The van der Waals surface area contributed by atoms with Crippen molar-refractivity contribution in [3.63, 3.8) is 0 Å². The van der Waals surface area contributed by atoms with E-state index in [1.54, 1.807) is 6.07 Å². The Morgan fingerprint density at radius 2 is 1.91 bits per heavy atom. The molecule has 0 spiro atoms. The summed E-state index contributed by atoms with van der Waals surface area (Å²) in [4.78, 5) is 13.3. The molecule has 1 N–H and O–H groups in total. The van der Waals surface area contributed by atoms with Crippen LogP contribution < -0.4 is 10.1 Å². The van der Waals surface area contributed by atoms with Crippen molar-refractivity contribution in [1.82, 2.24) is 4.31 Å². The number of ether oxygens (including phenoxy) is 2. The molecule has 5 fully saturated rings. The topological polar surface area (TPSA) is 84.9 Å². The van der Waals surface area contributed by atoms with Gasteiger partial charge in [-0.3, -0.25) is 4.79 Å². The predicted octanol–water partition coefficient (Wildman–Crippen LogP) is 3.78. The minimum Gasteiger partial charge on any atom is -0.495 e. The first-order chi connectivity index (χ1) is 15.2. The smallest absolute Gasteiger partial charge is 0.243 e. The molecule has 32 heavy (non-hydrogen) atoms. The van der Waals surface area contributed by atoms with Crippen LogP contribution in [0, 0.1) is 17.3 Å². The molecule has 6 rings (SSSR count). The van der Waals surface area contributed by atoms with Crippen LogP contribution in [-0.2, 0) is 19.6 Å². The monoisotopic (exact) mass is 526 g/mol. The highest BCUT2D eigenvalue weighted by Crippen LogP contribution is 2.65. The van der Waals surface area contributed by atoms with Crippen molar-refractivity contribution >= 4 is 37.5 Å². The number of amides is 1. The summed E-state index contributed by atoms with van der Waals surface area (Å²) in [5.74, 6) is 1.81. The van der Waals surface area contributed by atoms with Gasteiger partial charge in [-0.2, -0.15) is 4.31 Å². The molecule has 1 aromatic rings. The fourth-order valence-corrected chi connectivity index (χ4v) is 9.90. The third kappa shape index (κ3) is 4.21. The van der Waals surface area contributed by atoms with Crippen LogP contribution in [0.2, 0.25) is 0 Å². The second-order valence-electron chi connectivity index (χ2n) is 10.2. The largest absolute Gasteiger partial charge is 0.495 e. The van der Waals surface area contributed by atoms with Crippen LogP contribution in [-0.4, -0.2) is 56.4 Å². The van der Waals surface area contributed by atoms with Gasteiger partial charge in [-0.25, -0.2) is 8.42 Å². The molecular formula is C23H31BrN2O5S. The second kappa shape index (κ2) is 8.25. The number of carbonyl (C=O) groups excluding carboxylic acids is 1. The van der Waals surface area contributed by atoms with Crippen LogP contribution in [0.15, 0.2) is 23.1 Å². The first-order valence-corrected chi connectivity index (χ1v) is 13.7. The molecule has 1 aromatic carbocycles. The lowest BCUT2D eigenvalue weighted by Gasteiger charge is -2.60. The Labute approximate surface area is 198 Å². The Kier molecular flexibility index (Phi) is 5.83. The maximum absolute atomic E-state index is 13.2. The SMILES string of the molecule is COc1ccc(S(=O)(=O)N2CCOCC2)cc1NC(=O)CC12C[C@@H]3C[C@@H](CC(Br)(C3)C1)C2. The van der Waals surface area contributed by atoms with Gasteiger partial charge < -0.3 is 14.8 Å². The van der Waals surface area contributed by atoms with Crippen molar-refractivity contribution in [2.45, 2.75) is 54.2 Å². The number of nitrogens with zero attached hydrogens (tertiary/aromatic N) is 1. The predicted molar refractivity (Wildman–Crippen MR) is 125 cm³/mol. The zero-order chi connectivity index (χ0) is 22.6. The summed E-state index contributed by atoms with van der Waals surface area (Å²) >= 11 is 4.01. The van der Waals surface area contributed by atoms with Gasteiger partial charge in [-0.05, 0) is 74.0 Å². The van der Waals surface area contributed by atoms with Gasteiger partial charge in [-0.1, -0.05) is 15.9 Å². The number of rotatable bonds is 6. The Morgan fingerprint density at radius 3 is 2.53 bits per heavy atom. The number of nitrogens with one attached hydrogen (secondary N) is 1. The quantitative estimate of drug-likeness (QED) is 0.570. The maximum Gasteiger partial charge on any atom is 0.243 e. The number of hydrogen-bond acceptors (Lipinski definition) is 5. The molecule has 1 aliphatic heterocycles. The number of hydrogen-bond donors (Lipinski definition) is 1. The third-order valence-corrected chi connectivity index (χ3v) is 10.5. The number of alkyl halides is 1. The Hall–Kier alpha value is -1.16. The fraction of sp³-hybridized carbons (Fsp3) is 0.696. The van der Waals surface area contributed by atoms with E-state index in [-0.39, 0.29) is 20.5 Å². The lowest BCUT2D eigenvalue weighted by Crippen LogP contribution is -2.53. The number of morpholine rings is 1. The van der Waals surface area contributed by atoms with Crippen molar-refractivity contribution in [3.8, 4) is 5.75 Å². The Balaban J connectivity index is 1.34. The fourth-order valence-electron chi connectivity index (χ4n) is 6.96. The summed E-state index contributed by atoms with van der Waals surface area (Å²) in [6.07, 6.45) is 7.50. The third-order valence-electron chi connectivity index (χ3n) is 7.70. The van der Waals surface area contributed by atoms with Crippen molar-refractivity contribution in [2.75, 3.05) is 38.7 Å². The van der Waals surface area contributed by atoms with Gasteiger partial charge in [0.15, 0.2) is 0 Å². The lowest BCUT2D eigenvalue weighted by atomic mass is 9.48. The lowest BCUT2D eigenvalue weighted by molar-refractivity contribution is -0.123. The van der Waals surface area contributed by atoms with E-state index in [1.807, 2.05) is 0 Å². The first-order valence-electron chi connectivity index (χ1n) is 11.5. The normalized spacial score (nSPS) is 34.4. The van der Waals surface area contributed by atoms with Crippen molar-refractivity contribution in [2.24, 2.45) is 17.3 Å². The number of anilines is 1. The standard InChI is InChI=1S/C23H31BrN2O5S/c1-30-20-3-2-18(32(28,29)26-4-6-31-7-5-26)9-19(20)25-21(27)14-22-10-16-8-17(11-22)13-23(24,12-16)15-22/h2-3,9,16-17H,4-8,10-15H2,1H3,(H,25,27)/t16-,17+,22?,23?. The van der Waals surface area contributed by atoms with Crippen LogP contribution in [0.1, 0.15) is 44.9 Å². The molecule has 0 radical (unpaired) electrons. The van der Waals surface area contributed by atoms with E-state index in [2.05, 4.69) is 21.2 Å². The highest BCUT2D eigenvalue weighted by atomic mass is 79.9. The van der Waals surface area contributed by atoms with E-state index in [0.29, 0.717) is 56.0 Å². The van der Waals surface area contributed by atoms with E-state index >= 15 is 0 Å². The van der Waals surface area contributed by atoms with Crippen LogP contribution in [0.25, 0.3) is 0 Å². The number of halogens is 1. The van der Waals surface area contributed by atoms with Gasteiger partial charge in [-0.15, -0.1) is 0 Å². The molecule has 4 bridgehead atoms. The average Bonchev–Trinajstić information content (AvgIpc) is 2.72. The van der Waals surface area contributed by atoms with Crippen LogP contribution >= 0.6 is 15.9 Å². The summed E-state index contributed by atoms with van der Waals surface area (Å²) in [6, 6.07) is 4.67. The summed E-state index contributed by atoms with van der Waals surface area (Å²) in [7, 11) is -2.13. The molecular weight excluding hydrogens is 496 g/mol. The molecule has 4 atom stereocenters. The first kappa shape index (κ1) is 22.6. The van der Waals surface area contributed by atoms with Crippen molar-refractivity contribution in [1.29, 1.82) is 0 Å². The number of carbonyl (C=O) groups is 1. The highest BCUT2D eigenvalue weighted by molar-refractivity contribution is 9.10. The molecule has 4 saturated carbocycles. The zero-order valence-electron chi connectivity index (χ0n) is 18.4. The summed E-state index contributed by atoms with van der Waals surface area (Å²) in [5.41, 5.74) is 0.452. The molecule has 176 valence electrons. The van der Waals surface area contributed by atoms with E-state index in [4.69, 9.17) is 9.47 Å². The van der Waals surface area contributed by atoms with Crippen LogP contribution in [0.4, 0.5) is 5.69 Å². The van der Waals surface area contributed by atoms with Gasteiger partial charge in [0.05, 0.1) is 30.9 Å². The molecule has 9 heteroatoms. The highest BCUT2D eigenvalue weighted by Gasteiger charge is 2.57. The maximum atomic E-state index is 13.2. The van der Waals surface area contributed by atoms with Gasteiger partial charge in [0, 0.05) is 23.8 Å². The van der Waals surface area contributed by atoms with Gasteiger partial charge in [0.25, 0.3) is 0 Å². The van der Waals surface area contributed by atoms with Gasteiger partial charge in [0.2, 0.25) is 15.9 Å². The number of sulfonamides is 1. The van der Waals surface area contributed by atoms with Gasteiger partial charge >= 0.3 is 0 Å². The van der Waals surface area contributed by atoms with E-state index in [9.17, 15) is 13.2 Å². The van der Waals surface area contributed by atoms with Gasteiger partial charge in [0.1, 0.15) is 5.75 Å². The molecule has 1 amide bonds. The molecule has 5 aliphatic rings. The molecule has 1 heterocycles. The van der Waals surface area contributed by atoms with E-state index < -0.39 is 10.0 Å². The number of benzene rings is 1. The van der Waals surface area contributed by atoms with E-state index in [1.165, 1.54) is 42.8 Å². The summed E-state index contributed by atoms with van der Waals surface area (Å²) in [5, 5.41) is 2.98. The minimum atomic E-state index is -3.66. The van der Waals surface area contributed by atoms with Crippen LogP contribution in [0.5, 0.6) is 5.75 Å². The zero-order valence-corrected chi connectivity index (χ0v) is 20.8. The van der Waals surface area contributed by atoms with Crippen molar-refractivity contribution in [3.05, 3.63) is 18.2 Å². The molecule has 0 aromatic heterocycles. The number of methoxy groups -OCH3 is 1.